The number of alkyl carbamates (subject to hydrolysis) is 2. The minimum Gasteiger partial charge on any atom is -0.450 e. The van der Waals surface area contributed by atoms with Crippen LogP contribution in [0.1, 0.15) is 34.8 Å². The number of aromatic nitrogens is 4. The van der Waals surface area contributed by atoms with Gasteiger partial charge >= 0.3 is 12.2 Å². The van der Waals surface area contributed by atoms with Crippen molar-refractivity contribution >= 4 is 82.4 Å². The quantitative estimate of drug-likeness (QED) is 0.138. The maximum absolute atomic E-state index is 11.8. The molecule has 21 nitrogen and oxygen atoms in total. The lowest BCUT2D eigenvalue weighted by Crippen LogP contribution is -2.43. The highest BCUT2D eigenvalue weighted by Crippen LogP contribution is 2.18. The Balaban J connectivity index is 0.000000762. The molecule has 0 aliphatic rings. The van der Waals surface area contributed by atoms with E-state index >= 15 is 0 Å². The second-order valence-corrected chi connectivity index (χ2v) is 7.33. The molecule has 0 fully saturated rings. The van der Waals surface area contributed by atoms with E-state index in [0.29, 0.717) is 0 Å². The van der Waals surface area contributed by atoms with Crippen molar-refractivity contribution in [3.8, 4) is 0 Å². The van der Waals surface area contributed by atoms with Crippen molar-refractivity contribution in [2.24, 2.45) is 0 Å². The van der Waals surface area contributed by atoms with Crippen LogP contribution in [-0.4, -0.2) is 74.5 Å². The highest BCUT2D eigenvalue weighted by Gasteiger charge is 2.19. The van der Waals surface area contributed by atoms with E-state index in [1.165, 1.54) is 0 Å². The number of anilines is 4. The highest BCUT2D eigenvalue weighted by atomic mass is 35.5. The van der Waals surface area contributed by atoms with Gasteiger partial charge in [-0.05, 0) is 13.8 Å². The van der Waals surface area contributed by atoms with E-state index in [9.17, 15) is 19.2 Å². The Labute approximate surface area is 240 Å². The summed E-state index contributed by atoms with van der Waals surface area (Å²) in [6.45, 7) is 3.43. The third-order valence-electron chi connectivity index (χ3n) is 3.72. The topological polar surface area (TPSA) is 370 Å². The molecule has 2 aromatic rings. The predicted octanol–water partition coefficient (Wildman–Crippen LogP) is -1.41. The maximum atomic E-state index is 11.8. The van der Waals surface area contributed by atoms with Gasteiger partial charge in [0.05, 0.1) is 13.2 Å². The number of nitrogens with one attached hydrogen (secondary N) is 6. The molecule has 0 spiro atoms. The smallest absolute Gasteiger partial charge is 0.413 e. The van der Waals surface area contributed by atoms with Crippen molar-refractivity contribution in [1.82, 2.24) is 41.2 Å². The normalized spacial score (nSPS) is 9.46. The number of nitrogens with zero attached hydrogens (tertiary/aromatic N) is 4. The lowest BCUT2D eigenvalue weighted by molar-refractivity contribution is 0.0962. The summed E-state index contributed by atoms with van der Waals surface area (Å²) in [7, 11) is 0. The summed E-state index contributed by atoms with van der Waals surface area (Å²) in [4.78, 5) is 60.0. The van der Waals surface area contributed by atoms with Crippen molar-refractivity contribution in [2.45, 2.75) is 13.8 Å². The van der Waals surface area contributed by atoms with E-state index in [1.54, 1.807) is 13.8 Å². The fraction of sp³-hybridized carbons (Fsp3) is 0.222. The first-order valence-electron chi connectivity index (χ1n) is 10.5. The molecule has 2 rings (SSSR count). The third kappa shape index (κ3) is 11.6. The molecule has 0 aromatic carbocycles. The summed E-state index contributed by atoms with van der Waals surface area (Å²) in [6, 6.07) is 0. The van der Waals surface area contributed by atoms with Crippen molar-refractivity contribution in [2.75, 3.05) is 36.1 Å². The van der Waals surface area contributed by atoms with Gasteiger partial charge in [-0.2, -0.15) is 0 Å². The fourth-order valence-electron chi connectivity index (χ4n) is 2.16. The van der Waals surface area contributed by atoms with Crippen LogP contribution < -0.4 is 44.2 Å². The molecule has 224 valence electrons. The van der Waals surface area contributed by atoms with Crippen LogP contribution in [0.4, 0.5) is 32.9 Å². The number of carbonyl (C=O) groups is 4. The van der Waals surface area contributed by atoms with Gasteiger partial charge in [-0.3, -0.25) is 41.7 Å². The van der Waals surface area contributed by atoms with Crippen LogP contribution in [0.3, 0.4) is 0 Å². The minimum absolute atomic E-state index is 0. The summed E-state index contributed by atoms with van der Waals surface area (Å²) >= 11 is 11.2. The Morgan fingerprint density at radius 2 is 0.976 bits per heavy atom. The van der Waals surface area contributed by atoms with Crippen LogP contribution in [0.5, 0.6) is 0 Å². The van der Waals surface area contributed by atoms with Crippen molar-refractivity contribution < 1.29 is 34.1 Å². The molecule has 0 unspecified atom stereocenters. The molecule has 0 radical (unpaired) electrons. The number of hydrogen-bond donors (Lipinski definition) is 10. The maximum Gasteiger partial charge on any atom is 0.413 e. The number of nitrogen functional groups attached to an aromatic ring is 4. The lowest BCUT2D eigenvalue weighted by atomic mass is 10.4. The summed E-state index contributed by atoms with van der Waals surface area (Å²) in [5.41, 5.74) is 21.0. The number of hydrogen-bond acceptors (Lipinski definition) is 16. The molecule has 23 heteroatoms. The highest BCUT2D eigenvalue weighted by molar-refractivity contribution is 6.32. The van der Waals surface area contributed by atoms with E-state index in [1.807, 2.05) is 21.3 Å². The first-order chi connectivity index (χ1) is 18.7. The molecule has 0 saturated carbocycles. The molecular weight excluding hydrogens is 595 g/mol. The van der Waals surface area contributed by atoms with Crippen molar-refractivity contribution in [3.05, 3.63) is 21.7 Å². The van der Waals surface area contributed by atoms with Gasteiger partial charge in [0.2, 0.25) is 11.9 Å². The molecule has 0 aliphatic carbocycles. The summed E-state index contributed by atoms with van der Waals surface area (Å²) in [5, 5.41) is 22.3. The third-order valence-corrected chi connectivity index (χ3v) is 4.28. The molecule has 2 aromatic heterocycles. The molecular formula is C18H26Cl2N14O7. The van der Waals surface area contributed by atoms with Crippen LogP contribution in [0.25, 0.3) is 0 Å². The van der Waals surface area contributed by atoms with Gasteiger partial charge in [0.1, 0.15) is 0 Å². The van der Waals surface area contributed by atoms with Gasteiger partial charge in [-0.25, -0.2) is 29.5 Å². The first kappa shape index (κ1) is 35.7. The first-order valence-corrected chi connectivity index (χ1v) is 11.3. The number of halogens is 2. The average molecular weight is 621 g/mol. The number of nitrogens with two attached hydrogens (primary N) is 4. The van der Waals surface area contributed by atoms with E-state index in [4.69, 9.17) is 57.0 Å². The zero-order valence-electron chi connectivity index (χ0n) is 21.2. The summed E-state index contributed by atoms with van der Waals surface area (Å²) in [6.07, 6.45) is -1.76. The molecule has 4 amide bonds. The standard InChI is InChI=1S/2C9H12ClN7O3.H2O/c2*1-2-20-9(19)17-8(13)16-7(18)3-5(11)15-6(12)4(10)14-3;/h2*2H2,1H3,(H4,11,12,15)(H3,13,16,17,18,19);1H2. The Morgan fingerprint density at radius 3 is 1.27 bits per heavy atom. The van der Waals surface area contributed by atoms with E-state index in [2.05, 4.69) is 29.4 Å². The van der Waals surface area contributed by atoms with Crippen LogP contribution in [-0.2, 0) is 9.47 Å². The van der Waals surface area contributed by atoms with E-state index in [0.717, 1.165) is 0 Å². The number of carbonyl (C=O) groups excluding carboxylic acids is 4. The summed E-state index contributed by atoms with van der Waals surface area (Å²) < 4.78 is 9.05. The number of amides is 4. The van der Waals surface area contributed by atoms with E-state index in [-0.39, 0.29) is 63.7 Å². The second kappa shape index (κ2) is 16.6. The fourth-order valence-corrected chi connectivity index (χ4v) is 2.42. The average Bonchev–Trinajstić information content (AvgIpc) is 2.83. The number of guanidine groups is 2. The number of ether oxygens (including phenoxy) is 2. The summed E-state index contributed by atoms with van der Waals surface area (Å²) in [5.74, 6) is -3.73. The molecule has 0 bridgehead atoms. The van der Waals surface area contributed by atoms with Gasteiger partial charge < -0.3 is 37.9 Å². The molecule has 2 heterocycles. The van der Waals surface area contributed by atoms with Gasteiger partial charge in [-0.15, -0.1) is 0 Å². The van der Waals surface area contributed by atoms with Crippen LogP contribution in [0, 0.1) is 10.8 Å². The van der Waals surface area contributed by atoms with Gasteiger partial charge in [0.15, 0.2) is 45.0 Å². The van der Waals surface area contributed by atoms with Gasteiger partial charge in [0, 0.05) is 0 Å². The van der Waals surface area contributed by atoms with Crippen molar-refractivity contribution in [1.29, 1.82) is 10.8 Å². The minimum atomic E-state index is -0.882. The van der Waals surface area contributed by atoms with Gasteiger partial charge in [-0.1, -0.05) is 23.2 Å². The van der Waals surface area contributed by atoms with Crippen molar-refractivity contribution in [3.63, 3.8) is 0 Å². The lowest BCUT2D eigenvalue weighted by Gasteiger charge is -2.09. The molecule has 0 saturated heterocycles. The van der Waals surface area contributed by atoms with Crippen LogP contribution in [0.15, 0.2) is 0 Å². The Hall–Kier alpha value is -5.28. The molecule has 16 N–H and O–H groups in total. The van der Waals surface area contributed by atoms with E-state index < -0.39 is 35.9 Å². The Kier molecular flexibility index (Phi) is 14.5. The monoisotopic (exact) mass is 620 g/mol. The van der Waals surface area contributed by atoms with Crippen LogP contribution >= 0.6 is 23.2 Å². The molecule has 0 aliphatic heterocycles. The zero-order chi connectivity index (χ0) is 30.6. The number of rotatable bonds is 4. The zero-order valence-corrected chi connectivity index (χ0v) is 22.7. The Morgan fingerprint density at radius 1 is 0.659 bits per heavy atom. The predicted molar refractivity (Wildman–Crippen MR) is 146 cm³/mol. The van der Waals surface area contributed by atoms with Gasteiger partial charge in [0.25, 0.3) is 11.8 Å². The molecule has 41 heavy (non-hydrogen) atoms. The molecule has 0 atom stereocenters. The Bertz CT molecular complexity index is 1230. The van der Waals surface area contributed by atoms with Crippen LogP contribution in [0.2, 0.25) is 10.3 Å². The second-order valence-electron chi connectivity index (χ2n) is 6.62. The SMILES string of the molecule is CCOC(=O)NC(=N)NC(=O)c1nc(Cl)c(N)nc1N.CCOC(=O)NC(=N)NC(=O)c1nc(Cl)c(N)nc1N.O. The largest absolute Gasteiger partial charge is 0.450 e.